The van der Waals surface area contributed by atoms with E-state index < -0.39 is 6.04 Å². The summed E-state index contributed by atoms with van der Waals surface area (Å²) in [5.74, 6) is 2.57. The fraction of sp³-hybridized carbons (Fsp3) is 0.347. The Balaban J connectivity index is 0.00000345. The minimum Gasteiger partial charge on any atom is -0.491 e. The zero-order valence-electron chi connectivity index (χ0n) is 37.8. The lowest BCUT2D eigenvalue weighted by Crippen LogP contribution is -2.17. The van der Waals surface area contributed by atoms with Gasteiger partial charge in [0.15, 0.2) is 5.82 Å². The molecule has 7 rings (SSSR count). The maximum Gasteiger partial charge on any atom is 0.227 e. The number of amides is 1. The summed E-state index contributed by atoms with van der Waals surface area (Å²) in [4.78, 5) is 35.4. The van der Waals surface area contributed by atoms with Crippen molar-refractivity contribution >= 4 is 58.0 Å². The number of nitrogens with one attached hydrogen (secondary N) is 3. The quantitative estimate of drug-likeness (QED) is 0.0440. The van der Waals surface area contributed by atoms with Gasteiger partial charge >= 0.3 is 0 Å². The standard InChI is InChI=1S/C47H51ClN8O6S.C2H6/c1-30-31(2)63-47-44(30)45(33-5-8-37(48)9-6-33)53-41(46-55-54-32(3)56(46)47)29-43(58)52-38-10-12-39(13-11-38)62-26-25-61-24-23-60-22-21-59-20-18-51-42-28-35(15-17-50-42)34-7-14-40(49-4)36(27-34)16-19-57;1-2/h5-15,17,19,27-28,41,49H,16,18,20-26,29H2,1-4H3,(H,50,51)(H,52,58);1-2H3. The number of hydrogen-bond donors (Lipinski definition) is 3. The van der Waals surface area contributed by atoms with Crippen LogP contribution in [0, 0.1) is 20.8 Å². The van der Waals surface area contributed by atoms with Crippen molar-refractivity contribution < 1.29 is 28.5 Å². The van der Waals surface area contributed by atoms with E-state index in [1.807, 2.05) is 99.1 Å². The van der Waals surface area contributed by atoms with E-state index in [-0.39, 0.29) is 12.3 Å². The zero-order chi connectivity index (χ0) is 46.1. The minimum atomic E-state index is -0.570. The molecule has 16 heteroatoms. The Morgan fingerprint density at radius 2 is 1.51 bits per heavy atom. The molecule has 0 saturated heterocycles. The Morgan fingerprint density at radius 3 is 2.22 bits per heavy atom. The van der Waals surface area contributed by atoms with Crippen LogP contribution in [0.4, 0.5) is 17.2 Å². The Kier molecular flexibility index (Phi) is 18.2. The van der Waals surface area contributed by atoms with Crippen molar-refractivity contribution in [2.24, 2.45) is 4.99 Å². The Labute approximate surface area is 389 Å². The van der Waals surface area contributed by atoms with Gasteiger partial charge in [-0.25, -0.2) is 4.98 Å². The van der Waals surface area contributed by atoms with Gasteiger partial charge in [-0.3, -0.25) is 14.4 Å². The number of thiophene rings is 1. The molecule has 0 saturated carbocycles. The van der Waals surface area contributed by atoms with Gasteiger partial charge in [-0.1, -0.05) is 43.6 Å². The molecule has 0 aliphatic carbocycles. The Hall–Kier alpha value is -5.97. The largest absolute Gasteiger partial charge is 0.491 e. The van der Waals surface area contributed by atoms with Gasteiger partial charge in [0.05, 0.1) is 51.8 Å². The summed E-state index contributed by atoms with van der Waals surface area (Å²) >= 11 is 7.91. The second-order valence-corrected chi connectivity index (χ2v) is 16.4. The molecule has 6 aromatic rings. The maximum absolute atomic E-state index is 13.5. The van der Waals surface area contributed by atoms with Gasteiger partial charge in [0.1, 0.15) is 41.3 Å². The summed E-state index contributed by atoms with van der Waals surface area (Å²) in [5, 5.41) is 20.0. The molecule has 4 heterocycles. The SMILES string of the molecule is CC.CNc1ccc(-c2ccnc(NCCOCCOCCOCCOc3ccc(NC(=O)CC4N=C(c5ccc(Cl)cc5)c5c(sc(C)c5C)-n5c(C)nnc54)cc3)c2)cc1CC=O. The number of nitrogens with zero attached hydrogens (tertiary/aromatic N) is 5. The number of benzene rings is 3. The van der Waals surface area contributed by atoms with E-state index in [9.17, 15) is 9.59 Å². The summed E-state index contributed by atoms with van der Waals surface area (Å²) < 4.78 is 24.9. The first kappa shape index (κ1) is 48.5. The number of ether oxygens (including phenoxy) is 4. The summed E-state index contributed by atoms with van der Waals surface area (Å²) in [6.07, 6.45) is 3.10. The number of aryl methyl sites for hydroxylation is 2. The highest BCUT2D eigenvalue weighted by molar-refractivity contribution is 7.15. The van der Waals surface area contributed by atoms with E-state index in [4.69, 9.17) is 35.5 Å². The zero-order valence-corrected chi connectivity index (χ0v) is 39.4. The third-order valence-corrected chi connectivity index (χ3v) is 11.9. The number of aliphatic imine (C=N–C) groups is 1. The highest BCUT2D eigenvalue weighted by atomic mass is 35.5. The van der Waals surface area contributed by atoms with Crippen LogP contribution in [0.2, 0.25) is 5.02 Å². The molecule has 65 heavy (non-hydrogen) atoms. The number of aldehydes is 1. The first-order valence-corrected chi connectivity index (χ1v) is 23.0. The molecular weight excluding hydrogens is 864 g/mol. The second kappa shape index (κ2) is 24.4. The third kappa shape index (κ3) is 12.9. The Bertz CT molecular complexity index is 2530. The summed E-state index contributed by atoms with van der Waals surface area (Å²) in [6, 6.07) is 24.2. The van der Waals surface area contributed by atoms with Crippen molar-refractivity contribution in [1.29, 1.82) is 0 Å². The first-order chi connectivity index (χ1) is 31.7. The maximum atomic E-state index is 13.5. The van der Waals surface area contributed by atoms with Crippen LogP contribution in [-0.2, 0) is 30.2 Å². The number of rotatable bonds is 22. The van der Waals surface area contributed by atoms with E-state index >= 15 is 0 Å². The van der Waals surface area contributed by atoms with Crippen molar-refractivity contribution in [3.05, 3.63) is 129 Å². The van der Waals surface area contributed by atoms with Crippen LogP contribution in [0.3, 0.4) is 0 Å². The van der Waals surface area contributed by atoms with Crippen molar-refractivity contribution in [3.8, 4) is 21.9 Å². The highest BCUT2D eigenvalue weighted by Gasteiger charge is 2.32. The smallest absolute Gasteiger partial charge is 0.227 e. The first-order valence-electron chi connectivity index (χ1n) is 21.8. The van der Waals surface area contributed by atoms with E-state index in [1.165, 1.54) is 4.88 Å². The van der Waals surface area contributed by atoms with Crippen molar-refractivity contribution in [1.82, 2.24) is 19.7 Å². The van der Waals surface area contributed by atoms with Gasteiger partial charge in [0.2, 0.25) is 5.91 Å². The van der Waals surface area contributed by atoms with Crippen molar-refractivity contribution in [2.75, 3.05) is 75.8 Å². The Morgan fingerprint density at radius 1 is 0.831 bits per heavy atom. The normalized spacial score (nSPS) is 12.8. The molecule has 0 spiro atoms. The van der Waals surface area contributed by atoms with E-state index in [0.717, 1.165) is 67.7 Å². The number of anilines is 3. The van der Waals surface area contributed by atoms with Gasteiger partial charge in [0, 0.05) is 58.6 Å². The molecule has 0 radical (unpaired) electrons. The van der Waals surface area contributed by atoms with Crippen LogP contribution in [0.5, 0.6) is 5.75 Å². The van der Waals surface area contributed by atoms with Crippen LogP contribution in [-0.4, -0.2) is 97.5 Å². The number of pyridine rings is 1. The van der Waals surface area contributed by atoms with Gasteiger partial charge < -0.3 is 39.7 Å². The van der Waals surface area contributed by atoms with Crippen molar-refractivity contribution in [2.45, 2.75) is 53.5 Å². The van der Waals surface area contributed by atoms with Crippen LogP contribution in [0.25, 0.3) is 16.1 Å². The number of aromatic nitrogens is 4. The molecule has 3 aromatic carbocycles. The summed E-state index contributed by atoms with van der Waals surface area (Å²) in [5.41, 5.74) is 8.42. The second-order valence-electron chi connectivity index (χ2n) is 14.7. The van der Waals surface area contributed by atoms with Gasteiger partial charge in [0.25, 0.3) is 0 Å². The number of carbonyl (C=O) groups excluding carboxylic acids is 2. The van der Waals surface area contributed by atoms with Crippen LogP contribution in [0.1, 0.15) is 65.1 Å². The van der Waals surface area contributed by atoms with Crippen molar-refractivity contribution in [3.63, 3.8) is 0 Å². The number of halogens is 1. The van der Waals surface area contributed by atoms with E-state index in [1.54, 1.807) is 29.7 Å². The van der Waals surface area contributed by atoms with Gasteiger partial charge in [-0.2, -0.15) is 0 Å². The lowest BCUT2D eigenvalue weighted by molar-refractivity contribution is -0.116. The van der Waals surface area contributed by atoms with E-state index in [2.05, 4.69) is 45.0 Å². The molecular formula is C49H57ClN8O6S. The fourth-order valence-corrected chi connectivity index (χ4v) is 8.49. The summed E-state index contributed by atoms with van der Waals surface area (Å²) in [6.45, 7) is 13.8. The van der Waals surface area contributed by atoms with Gasteiger partial charge in [-0.05, 0) is 104 Å². The monoisotopic (exact) mass is 920 g/mol. The predicted molar refractivity (Wildman–Crippen MR) is 260 cm³/mol. The molecule has 14 nitrogen and oxygen atoms in total. The molecule has 1 atom stereocenters. The lowest BCUT2D eigenvalue weighted by Gasteiger charge is -2.13. The topological polar surface area (TPSA) is 163 Å². The predicted octanol–water partition coefficient (Wildman–Crippen LogP) is 9.24. The lowest BCUT2D eigenvalue weighted by atomic mass is 9.99. The van der Waals surface area contributed by atoms with Crippen LogP contribution < -0.4 is 20.7 Å². The third-order valence-electron chi connectivity index (χ3n) is 10.4. The minimum absolute atomic E-state index is 0.0705. The average Bonchev–Trinajstić information content (AvgIpc) is 3.80. The molecule has 1 aliphatic rings. The van der Waals surface area contributed by atoms with Crippen LogP contribution >= 0.6 is 22.9 Å². The average molecular weight is 922 g/mol. The number of carbonyl (C=O) groups is 2. The molecule has 0 bridgehead atoms. The molecule has 342 valence electrons. The fourth-order valence-electron chi connectivity index (χ4n) is 7.15. The van der Waals surface area contributed by atoms with E-state index in [0.29, 0.717) is 81.5 Å². The number of fused-ring (bicyclic) bond motifs is 3. The molecule has 3 N–H and O–H groups in total. The van der Waals surface area contributed by atoms with Crippen LogP contribution in [0.15, 0.2) is 90.1 Å². The molecule has 0 fully saturated rings. The molecule has 1 aliphatic heterocycles. The highest BCUT2D eigenvalue weighted by Crippen LogP contribution is 2.40. The summed E-state index contributed by atoms with van der Waals surface area (Å²) in [7, 11) is 1.85. The number of hydrogen-bond acceptors (Lipinski definition) is 13. The molecule has 1 unspecified atom stereocenters. The molecule has 1 amide bonds. The van der Waals surface area contributed by atoms with Gasteiger partial charge in [-0.15, -0.1) is 21.5 Å². The molecule has 3 aromatic heterocycles.